The summed E-state index contributed by atoms with van der Waals surface area (Å²) in [5.41, 5.74) is 5.12. The average molecular weight is 421 g/mol. The summed E-state index contributed by atoms with van der Waals surface area (Å²) in [5, 5.41) is 6.17. The monoisotopic (exact) mass is 421 g/mol. The molecular formula is C24H27N3O4. The predicted molar refractivity (Wildman–Crippen MR) is 120 cm³/mol. The largest absolute Gasteiger partial charge is 0.487 e. The molecule has 0 fully saturated rings. The van der Waals surface area contributed by atoms with Gasteiger partial charge < -0.3 is 20.1 Å². The molecular weight excluding hydrogens is 394 g/mol. The van der Waals surface area contributed by atoms with E-state index in [4.69, 9.17) is 9.47 Å². The van der Waals surface area contributed by atoms with Crippen molar-refractivity contribution >= 4 is 34.6 Å². The Kier molecular flexibility index (Phi) is 6.23. The van der Waals surface area contributed by atoms with Gasteiger partial charge in [-0.25, -0.2) is 0 Å². The second-order valence-electron chi connectivity index (χ2n) is 7.47. The number of nitrogens with zero attached hydrogens (tertiary/aromatic N) is 1. The Morgan fingerprint density at radius 3 is 2.77 bits per heavy atom. The quantitative estimate of drug-likeness (QED) is 0.387. The zero-order valence-corrected chi connectivity index (χ0v) is 17.9. The number of hydrogen-bond donors (Lipinski definition) is 2. The predicted octanol–water partition coefficient (Wildman–Crippen LogP) is 3.33. The van der Waals surface area contributed by atoms with Gasteiger partial charge in [0, 0.05) is 34.6 Å². The number of para-hydroxylation sites is 1. The number of carbonyl (C=O) groups excluding carboxylic acids is 2. The molecule has 2 heterocycles. The van der Waals surface area contributed by atoms with E-state index in [1.54, 1.807) is 0 Å². The van der Waals surface area contributed by atoms with Crippen LogP contribution in [-0.4, -0.2) is 49.6 Å². The molecule has 0 radical (unpaired) electrons. The maximum Gasteiger partial charge on any atom is 0.320 e. The van der Waals surface area contributed by atoms with Crippen molar-refractivity contribution in [2.45, 2.75) is 20.5 Å². The first-order valence-electron chi connectivity index (χ1n) is 10.6. The Morgan fingerprint density at radius 1 is 1.16 bits per heavy atom. The van der Waals surface area contributed by atoms with Crippen LogP contribution in [0.3, 0.4) is 0 Å². The molecule has 7 heteroatoms. The minimum absolute atomic E-state index is 0.141. The second kappa shape index (κ2) is 9.22. The van der Waals surface area contributed by atoms with E-state index in [1.165, 1.54) is 0 Å². The fraction of sp³-hybridized carbons (Fsp3) is 0.333. The summed E-state index contributed by atoms with van der Waals surface area (Å²) in [5.74, 6) is 0.270. The minimum Gasteiger partial charge on any atom is -0.487 e. The van der Waals surface area contributed by atoms with Gasteiger partial charge in [-0.15, -0.1) is 0 Å². The van der Waals surface area contributed by atoms with E-state index < -0.39 is 0 Å². The third kappa shape index (κ3) is 4.41. The van der Waals surface area contributed by atoms with Crippen LogP contribution in [0.1, 0.15) is 30.5 Å². The summed E-state index contributed by atoms with van der Waals surface area (Å²) in [6.07, 6.45) is 0. The van der Waals surface area contributed by atoms with Gasteiger partial charge in [-0.05, 0) is 37.4 Å². The van der Waals surface area contributed by atoms with Crippen LogP contribution in [0, 0.1) is 0 Å². The van der Waals surface area contributed by atoms with Gasteiger partial charge in [0.2, 0.25) is 0 Å². The number of fused-ring (bicyclic) bond motifs is 2. The number of carbonyl (C=O) groups is 2. The Morgan fingerprint density at radius 2 is 1.97 bits per heavy atom. The van der Waals surface area contributed by atoms with E-state index in [0.29, 0.717) is 37.6 Å². The molecule has 0 saturated carbocycles. The maximum absolute atomic E-state index is 12.5. The van der Waals surface area contributed by atoms with E-state index in [2.05, 4.69) is 10.6 Å². The van der Waals surface area contributed by atoms with E-state index in [-0.39, 0.29) is 11.9 Å². The number of ether oxygens (including phenoxy) is 2. The highest BCUT2D eigenvalue weighted by Crippen LogP contribution is 2.41. The molecule has 0 spiro atoms. The molecule has 2 aliphatic heterocycles. The molecule has 31 heavy (non-hydrogen) atoms. The van der Waals surface area contributed by atoms with Gasteiger partial charge in [0.05, 0.1) is 12.1 Å². The Hall–Kier alpha value is -3.32. The summed E-state index contributed by atoms with van der Waals surface area (Å²) >= 11 is 0. The summed E-state index contributed by atoms with van der Waals surface area (Å²) in [4.78, 5) is 26.4. The maximum atomic E-state index is 12.5. The molecule has 0 unspecified atom stereocenters. The highest BCUT2D eigenvalue weighted by molar-refractivity contribution is 6.36. The van der Waals surface area contributed by atoms with Crippen LogP contribution in [0.2, 0.25) is 0 Å². The minimum atomic E-state index is -0.209. The van der Waals surface area contributed by atoms with Crippen molar-refractivity contribution in [2.24, 2.45) is 0 Å². The number of rotatable bonds is 8. The van der Waals surface area contributed by atoms with Crippen molar-refractivity contribution in [3.05, 3.63) is 59.2 Å². The first-order chi connectivity index (χ1) is 15.1. The molecule has 0 aliphatic carbocycles. The molecule has 2 aromatic rings. The summed E-state index contributed by atoms with van der Waals surface area (Å²) in [6.45, 7) is 7.26. The van der Waals surface area contributed by atoms with Crippen LogP contribution in [0.25, 0.3) is 11.3 Å². The number of likely N-dealkylation sites (N-methyl/N-ethyl adjacent to an activating group) is 1. The van der Waals surface area contributed by atoms with Crippen molar-refractivity contribution in [1.29, 1.82) is 0 Å². The van der Waals surface area contributed by atoms with E-state index in [1.807, 2.05) is 61.2 Å². The van der Waals surface area contributed by atoms with Crippen LogP contribution in [0.5, 0.6) is 0 Å². The van der Waals surface area contributed by atoms with E-state index in [9.17, 15) is 9.59 Å². The van der Waals surface area contributed by atoms with Crippen LogP contribution in [-0.2, 0) is 25.7 Å². The van der Waals surface area contributed by atoms with E-state index >= 15 is 0 Å². The van der Waals surface area contributed by atoms with Crippen molar-refractivity contribution in [1.82, 2.24) is 4.90 Å². The summed E-state index contributed by atoms with van der Waals surface area (Å²) < 4.78 is 11.2. The first kappa shape index (κ1) is 20.9. The van der Waals surface area contributed by atoms with Gasteiger partial charge in [-0.3, -0.25) is 14.5 Å². The van der Waals surface area contributed by atoms with Gasteiger partial charge >= 0.3 is 5.97 Å². The van der Waals surface area contributed by atoms with Crippen molar-refractivity contribution < 1.29 is 19.1 Å². The number of esters is 1. The lowest BCUT2D eigenvalue weighted by molar-refractivity contribution is -0.144. The van der Waals surface area contributed by atoms with Gasteiger partial charge in [0.15, 0.2) is 0 Å². The average Bonchev–Trinajstić information content (AvgIpc) is 3.34. The lowest BCUT2D eigenvalue weighted by atomic mass is 10.0. The molecule has 2 aromatic carbocycles. The molecule has 0 bridgehead atoms. The molecule has 1 amide bonds. The molecule has 2 aliphatic rings. The first-order valence-corrected chi connectivity index (χ1v) is 10.6. The van der Waals surface area contributed by atoms with Crippen LogP contribution >= 0.6 is 0 Å². The third-order valence-electron chi connectivity index (χ3n) is 5.56. The standard InChI is InChI=1S/C24H27N3O4/c1-3-27(4-2)14-21(28)30-12-11-25-17-9-10-18-16(13-17)15-31-23(18)22-19-7-5-6-8-20(19)26-24(22)29/h5-10,13,25H,3-4,11-12,14-15H2,1-2H3,(H,26,29). The summed E-state index contributed by atoms with van der Waals surface area (Å²) in [6, 6.07) is 13.6. The topological polar surface area (TPSA) is 79.9 Å². The SMILES string of the molecule is CCN(CC)CC(=O)OCCNc1ccc2c(c1)COC2=C1C(=O)Nc2ccccc21. The van der Waals surface area contributed by atoms with Gasteiger partial charge in [-0.1, -0.05) is 32.0 Å². The van der Waals surface area contributed by atoms with Gasteiger partial charge in [0.1, 0.15) is 19.0 Å². The number of nitrogens with one attached hydrogen (secondary N) is 2. The Bertz CT molecular complexity index is 1030. The lowest BCUT2D eigenvalue weighted by Crippen LogP contribution is -2.31. The van der Waals surface area contributed by atoms with Crippen LogP contribution in [0.4, 0.5) is 11.4 Å². The Labute approximate surface area is 182 Å². The molecule has 7 nitrogen and oxygen atoms in total. The number of hydrogen-bond acceptors (Lipinski definition) is 6. The molecule has 2 N–H and O–H groups in total. The Balaban J connectivity index is 1.39. The number of amides is 1. The zero-order valence-electron chi connectivity index (χ0n) is 17.9. The van der Waals surface area contributed by atoms with Gasteiger partial charge in [-0.2, -0.15) is 0 Å². The smallest absolute Gasteiger partial charge is 0.320 e. The van der Waals surface area contributed by atoms with Crippen molar-refractivity contribution in [3.8, 4) is 0 Å². The highest BCUT2D eigenvalue weighted by Gasteiger charge is 2.32. The van der Waals surface area contributed by atoms with Gasteiger partial charge in [0.25, 0.3) is 5.91 Å². The van der Waals surface area contributed by atoms with Crippen LogP contribution in [0.15, 0.2) is 42.5 Å². The van der Waals surface area contributed by atoms with Crippen molar-refractivity contribution in [3.63, 3.8) is 0 Å². The molecule has 162 valence electrons. The molecule has 0 saturated heterocycles. The summed E-state index contributed by atoms with van der Waals surface area (Å²) in [7, 11) is 0. The fourth-order valence-electron chi connectivity index (χ4n) is 3.86. The second-order valence-corrected chi connectivity index (χ2v) is 7.47. The zero-order chi connectivity index (χ0) is 21.8. The molecule has 0 atom stereocenters. The van der Waals surface area contributed by atoms with Crippen LogP contribution < -0.4 is 10.6 Å². The normalized spacial score (nSPS) is 16.5. The number of anilines is 2. The number of benzene rings is 2. The van der Waals surface area contributed by atoms with E-state index in [0.717, 1.165) is 41.2 Å². The molecule has 0 aromatic heterocycles. The van der Waals surface area contributed by atoms with Crippen molar-refractivity contribution in [2.75, 3.05) is 43.4 Å². The highest BCUT2D eigenvalue weighted by atomic mass is 16.5. The fourth-order valence-corrected chi connectivity index (χ4v) is 3.86. The third-order valence-corrected chi connectivity index (χ3v) is 5.56. The molecule has 4 rings (SSSR count). The lowest BCUT2D eigenvalue weighted by Gasteiger charge is -2.16.